The van der Waals surface area contributed by atoms with Crippen molar-refractivity contribution in [3.63, 3.8) is 0 Å². The topological polar surface area (TPSA) is 63.6 Å². The van der Waals surface area contributed by atoms with Crippen LogP contribution in [0.2, 0.25) is 0 Å². The second-order valence-electron chi connectivity index (χ2n) is 2.74. The largest absolute Gasteiger partial charge is 0.357 e. The summed E-state index contributed by atoms with van der Waals surface area (Å²) in [5.74, 6) is 0.578. The Morgan fingerprint density at radius 1 is 1.25 bits per heavy atom. The van der Waals surface area contributed by atoms with Crippen molar-refractivity contribution >= 4 is 33.6 Å². The van der Waals surface area contributed by atoms with Crippen LogP contribution in [0.1, 0.15) is 0 Å². The first-order chi connectivity index (χ1) is 7.79. The number of rotatable bonds is 3. The third-order valence-corrected chi connectivity index (χ3v) is 3.44. The van der Waals surface area contributed by atoms with Crippen molar-refractivity contribution in [2.45, 2.75) is 10.1 Å². The molecule has 2 rings (SSSR count). The van der Waals surface area contributed by atoms with Crippen LogP contribution in [-0.4, -0.2) is 27.0 Å². The van der Waals surface area contributed by atoms with Gasteiger partial charge in [0.05, 0.1) is 10.7 Å². The SMILES string of the molecule is CNc1ncc(Br)c(Sc2cnccn2)n1. The highest BCUT2D eigenvalue weighted by molar-refractivity contribution is 9.10. The zero-order chi connectivity index (χ0) is 11.4. The molecule has 2 aromatic rings. The van der Waals surface area contributed by atoms with Gasteiger partial charge in [-0.2, -0.15) is 0 Å². The Bertz CT molecular complexity index is 479. The quantitative estimate of drug-likeness (QED) is 0.877. The Morgan fingerprint density at radius 3 is 2.81 bits per heavy atom. The first kappa shape index (κ1) is 11.3. The van der Waals surface area contributed by atoms with Gasteiger partial charge in [0.2, 0.25) is 5.95 Å². The number of anilines is 1. The summed E-state index contributed by atoms with van der Waals surface area (Å²) in [5.41, 5.74) is 0. The normalized spacial score (nSPS) is 10.1. The summed E-state index contributed by atoms with van der Waals surface area (Å²) in [6, 6.07) is 0. The molecular formula is C9H8BrN5S. The van der Waals surface area contributed by atoms with E-state index in [0.29, 0.717) is 5.95 Å². The van der Waals surface area contributed by atoms with E-state index in [1.54, 1.807) is 31.8 Å². The standard InChI is InChI=1S/C9H8BrN5S/c1-11-9-14-4-6(10)8(15-9)16-7-5-12-2-3-13-7/h2-5H,1H3,(H,11,14,15). The summed E-state index contributed by atoms with van der Waals surface area (Å²) in [4.78, 5) is 16.6. The van der Waals surface area contributed by atoms with Gasteiger partial charge in [-0.05, 0) is 27.7 Å². The van der Waals surface area contributed by atoms with E-state index < -0.39 is 0 Å². The fraction of sp³-hybridized carbons (Fsp3) is 0.111. The van der Waals surface area contributed by atoms with Crippen LogP contribution in [0.4, 0.5) is 5.95 Å². The molecular weight excluding hydrogens is 290 g/mol. The minimum atomic E-state index is 0.578. The lowest BCUT2D eigenvalue weighted by molar-refractivity contribution is 1.01. The molecule has 0 saturated heterocycles. The van der Waals surface area contributed by atoms with Crippen LogP contribution in [0, 0.1) is 0 Å². The van der Waals surface area contributed by atoms with Gasteiger partial charge >= 0.3 is 0 Å². The van der Waals surface area contributed by atoms with Crippen molar-refractivity contribution in [3.05, 3.63) is 29.3 Å². The molecule has 1 N–H and O–H groups in total. The zero-order valence-electron chi connectivity index (χ0n) is 8.38. The Hall–Kier alpha value is -1.21. The molecule has 0 aromatic carbocycles. The van der Waals surface area contributed by atoms with E-state index in [4.69, 9.17) is 0 Å². The summed E-state index contributed by atoms with van der Waals surface area (Å²) in [6.45, 7) is 0. The molecule has 0 unspecified atom stereocenters. The molecule has 0 amide bonds. The fourth-order valence-corrected chi connectivity index (χ4v) is 2.12. The van der Waals surface area contributed by atoms with E-state index in [1.165, 1.54) is 11.8 Å². The van der Waals surface area contributed by atoms with Crippen molar-refractivity contribution in [1.82, 2.24) is 19.9 Å². The lowest BCUT2D eigenvalue weighted by atomic mass is 10.7. The first-order valence-corrected chi connectivity index (χ1v) is 6.04. The molecule has 0 aliphatic heterocycles. The molecule has 16 heavy (non-hydrogen) atoms. The van der Waals surface area contributed by atoms with Gasteiger partial charge in [-0.3, -0.25) is 4.98 Å². The lowest BCUT2D eigenvalue weighted by Gasteiger charge is -2.04. The molecule has 0 fully saturated rings. The van der Waals surface area contributed by atoms with E-state index in [2.05, 4.69) is 41.2 Å². The van der Waals surface area contributed by atoms with Gasteiger partial charge in [0.25, 0.3) is 0 Å². The molecule has 0 aliphatic carbocycles. The van der Waals surface area contributed by atoms with E-state index in [9.17, 15) is 0 Å². The van der Waals surface area contributed by atoms with Crippen molar-refractivity contribution in [2.75, 3.05) is 12.4 Å². The average Bonchev–Trinajstić information content (AvgIpc) is 2.33. The maximum atomic E-state index is 4.31. The second kappa shape index (κ2) is 5.22. The van der Waals surface area contributed by atoms with Crippen LogP contribution in [0.5, 0.6) is 0 Å². The van der Waals surface area contributed by atoms with E-state index in [-0.39, 0.29) is 0 Å². The highest BCUT2D eigenvalue weighted by Crippen LogP contribution is 2.30. The predicted octanol–water partition coefficient (Wildman–Crippen LogP) is 2.22. The third kappa shape index (κ3) is 2.67. The molecule has 5 nitrogen and oxygen atoms in total. The molecule has 0 saturated carbocycles. The fourth-order valence-electron chi connectivity index (χ4n) is 0.981. The van der Waals surface area contributed by atoms with Gasteiger partial charge in [0.1, 0.15) is 10.1 Å². The Kier molecular flexibility index (Phi) is 3.68. The summed E-state index contributed by atoms with van der Waals surface area (Å²) in [6.07, 6.45) is 6.68. The number of hydrogen-bond acceptors (Lipinski definition) is 6. The van der Waals surface area contributed by atoms with E-state index >= 15 is 0 Å². The average molecular weight is 298 g/mol. The second-order valence-corrected chi connectivity index (χ2v) is 4.61. The van der Waals surface area contributed by atoms with Crippen molar-refractivity contribution in [2.24, 2.45) is 0 Å². The van der Waals surface area contributed by atoms with Crippen LogP contribution >= 0.6 is 27.7 Å². The van der Waals surface area contributed by atoms with Gasteiger partial charge in [-0.15, -0.1) is 0 Å². The maximum absolute atomic E-state index is 4.31. The van der Waals surface area contributed by atoms with Gasteiger partial charge < -0.3 is 5.32 Å². The van der Waals surface area contributed by atoms with E-state index in [0.717, 1.165) is 14.5 Å². The minimum absolute atomic E-state index is 0.578. The Balaban J connectivity index is 2.27. The number of halogens is 1. The van der Waals surface area contributed by atoms with Gasteiger partial charge in [-0.1, -0.05) is 0 Å². The van der Waals surface area contributed by atoms with Crippen molar-refractivity contribution < 1.29 is 0 Å². The van der Waals surface area contributed by atoms with Crippen molar-refractivity contribution in [3.8, 4) is 0 Å². The summed E-state index contributed by atoms with van der Waals surface area (Å²) in [7, 11) is 1.78. The summed E-state index contributed by atoms with van der Waals surface area (Å²) >= 11 is 4.83. The molecule has 2 aromatic heterocycles. The zero-order valence-corrected chi connectivity index (χ0v) is 10.8. The Morgan fingerprint density at radius 2 is 2.12 bits per heavy atom. The number of nitrogens with one attached hydrogen (secondary N) is 1. The molecule has 0 atom stereocenters. The number of hydrogen-bond donors (Lipinski definition) is 1. The van der Waals surface area contributed by atoms with Crippen LogP contribution in [0.15, 0.2) is 39.3 Å². The maximum Gasteiger partial charge on any atom is 0.223 e. The van der Waals surface area contributed by atoms with Crippen LogP contribution in [-0.2, 0) is 0 Å². The molecule has 0 radical (unpaired) electrons. The number of aromatic nitrogens is 4. The monoisotopic (exact) mass is 297 g/mol. The van der Waals surface area contributed by atoms with Crippen LogP contribution in [0.25, 0.3) is 0 Å². The molecule has 82 valence electrons. The molecule has 0 aliphatic rings. The van der Waals surface area contributed by atoms with Crippen LogP contribution < -0.4 is 5.32 Å². The summed E-state index contributed by atoms with van der Waals surface area (Å²) < 4.78 is 0.835. The third-order valence-electron chi connectivity index (χ3n) is 1.68. The smallest absolute Gasteiger partial charge is 0.223 e. The number of nitrogens with zero attached hydrogens (tertiary/aromatic N) is 4. The summed E-state index contributed by atoms with van der Waals surface area (Å²) in [5, 5.41) is 4.49. The van der Waals surface area contributed by atoms with Gasteiger partial charge in [0, 0.05) is 25.6 Å². The Labute approximate surface area is 105 Å². The highest BCUT2D eigenvalue weighted by atomic mass is 79.9. The molecule has 2 heterocycles. The van der Waals surface area contributed by atoms with Gasteiger partial charge in [0.15, 0.2) is 0 Å². The van der Waals surface area contributed by atoms with Crippen molar-refractivity contribution in [1.29, 1.82) is 0 Å². The van der Waals surface area contributed by atoms with E-state index in [1.807, 2.05) is 0 Å². The first-order valence-electron chi connectivity index (χ1n) is 4.44. The van der Waals surface area contributed by atoms with Crippen LogP contribution in [0.3, 0.4) is 0 Å². The molecule has 7 heteroatoms. The minimum Gasteiger partial charge on any atom is -0.357 e. The molecule has 0 spiro atoms. The highest BCUT2D eigenvalue weighted by Gasteiger charge is 2.07. The van der Waals surface area contributed by atoms with Gasteiger partial charge in [-0.25, -0.2) is 15.0 Å². The predicted molar refractivity (Wildman–Crippen MR) is 65.4 cm³/mol. The lowest BCUT2D eigenvalue weighted by Crippen LogP contribution is -1.97. The molecule has 0 bridgehead atoms.